The number of methoxy groups -OCH3 is 1. The van der Waals surface area contributed by atoms with E-state index in [1.807, 2.05) is 20.8 Å². The van der Waals surface area contributed by atoms with Gasteiger partial charge in [-0.05, 0) is 27.2 Å². The fourth-order valence-corrected chi connectivity index (χ4v) is 1.85. The van der Waals surface area contributed by atoms with E-state index in [0.29, 0.717) is 26.1 Å². The van der Waals surface area contributed by atoms with Crippen molar-refractivity contribution in [3.05, 3.63) is 0 Å². The van der Waals surface area contributed by atoms with E-state index < -0.39 is 11.7 Å². The molecule has 1 heterocycles. The number of nitrogens with zero attached hydrogens (tertiary/aromatic N) is 1. The summed E-state index contributed by atoms with van der Waals surface area (Å²) in [4.78, 5) is 13.7. The van der Waals surface area contributed by atoms with E-state index >= 15 is 0 Å². The maximum absolute atomic E-state index is 12.1. The first-order valence-electron chi connectivity index (χ1n) is 6.59. The summed E-state index contributed by atoms with van der Waals surface area (Å²) >= 11 is 0. The molecule has 1 rings (SSSR count). The number of hydrogen-bond acceptors (Lipinski definition) is 5. The molecule has 1 N–H and O–H groups in total. The standard InChI is InChI=1S/C13H25NO5/c1-13(2,3)19-12(16)14-7-10(17-4)5-6-18-11(8-14)9-15/h10-11,15H,5-9H2,1-4H3/t10-,11+/m1/s1. The molecule has 112 valence electrons. The number of aliphatic hydroxyl groups excluding tert-OH is 1. The summed E-state index contributed by atoms with van der Waals surface area (Å²) < 4.78 is 16.2. The molecule has 0 aliphatic carbocycles. The summed E-state index contributed by atoms with van der Waals surface area (Å²) in [5.41, 5.74) is -0.544. The van der Waals surface area contributed by atoms with Gasteiger partial charge in [0.15, 0.2) is 0 Å². The minimum atomic E-state index is -0.544. The molecule has 1 aliphatic rings. The Kier molecular flexibility index (Phi) is 6.03. The van der Waals surface area contributed by atoms with Crippen molar-refractivity contribution >= 4 is 6.09 Å². The summed E-state index contributed by atoms with van der Waals surface area (Å²) in [7, 11) is 1.61. The van der Waals surface area contributed by atoms with Crippen LogP contribution >= 0.6 is 0 Å². The maximum atomic E-state index is 12.1. The molecule has 0 spiro atoms. The highest BCUT2D eigenvalue weighted by molar-refractivity contribution is 5.68. The summed E-state index contributed by atoms with van der Waals surface area (Å²) in [6.45, 7) is 6.63. The van der Waals surface area contributed by atoms with E-state index in [2.05, 4.69) is 0 Å². The lowest BCUT2D eigenvalue weighted by Crippen LogP contribution is -2.48. The Morgan fingerprint density at radius 3 is 2.63 bits per heavy atom. The molecule has 6 nitrogen and oxygen atoms in total. The third kappa shape index (κ3) is 5.76. The lowest BCUT2D eigenvalue weighted by molar-refractivity contribution is -0.0614. The molecule has 1 saturated heterocycles. The number of amides is 1. The molecule has 0 aromatic rings. The van der Waals surface area contributed by atoms with Gasteiger partial charge in [-0.15, -0.1) is 0 Å². The van der Waals surface area contributed by atoms with Crippen LogP contribution in [0.5, 0.6) is 0 Å². The van der Waals surface area contributed by atoms with Gasteiger partial charge < -0.3 is 24.2 Å². The van der Waals surface area contributed by atoms with Crippen molar-refractivity contribution < 1.29 is 24.1 Å². The van der Waals surface area contributed by atoms with Gasteiger partial charge in [0, 0.05) is 13.7 Å². The molecule has 0 radical (unpaired) electrons. The third-order valence-corrected chi connectivity index (χ3v) is 2.83. The smallest absolute Gasteiger partial charge is 0.410 e. The first-order chi connectivity index (χ1) is 8.85. The first kappa shape index (κ1) is 16.2. The molecular weight excluding hydrogens is 250 g/mol. The average Bonchev–Trinajstić information content (AvgIpc) is 2.26. The maximum Gasteiger partial charge on any atom is 0.410 e. The van der Waals surface area contributed by atoms with Gasteiger partial charge in [-0.1, -0.05) is 0 Å². The normalized spacial score (nSPS) is 25.6. The Hall–Kier alpha value is -0.850. The Morgan fingerprint density at radius 1 is 1.42 bits per heavy atom. The number of carbonyl (C=O) groups excluding carboxylic acids is 1. The molecule has 0 unspecified atom stereocenters. The zero-order valence-corrected chi connectivity index (χ0v) is 12.2. The van der Waals surface area contributed by atoms with E-state index in [1.54, 1.807) is 12.0 Å². The van der Waals surface area contributed by atoms with E-state index in [1.165, 1.54) is 0 Å². The highest BCUT2D eigenvalue weighted by Gasteiger charge is 2.28. The van der Waals surface area contributed by atoms with E-state index in [4.69, 9.17) is 14.2 Å². The van der Waals surface area contributed by atoms with Crippen molar-refractivity contribution in [3.8, 4) is 0 Å². The molecule has 0 aromatic heterocycles. The van der Waals surface area contributed by atoms with Crippen molar-refractivity contribution in [2.45, 2.75) is 45.0 Å². The zero-order valence-electron chi connectivity index (χ0n) is 12.2. The second kappa shape index (κ2) is 7.07. The van der Waals surface area contributed by atoms with Gasteiger partial charge in [-0.25, -0.2) is 4.79 Å². The topological polar surface area (TPSA) is 68.2 Å². The van der Waals surface area contributed by atoms with Gasteiger partial charge in [0.1, 0.15) is 5.60 Å². The number of carbonyl (C=O) groups is 1. The van der Waals surface area contributed by atoms with Crippen LogP contribution < -0.4 is 0 Å². The Labute approximate surface area is 114 Å². The van der Waals surface area contributed by atoms with Crippen molar-refractivity contribution in [2.24, 2.45) is 0 Å². The molecule has 0 saturated carbocycles. The lowest BCUT2D eigenvalue weighted by Gasteiger charge is -2.34. The van der Waals surface area contributed by atoms with Gasteiger partial charge in [-0.2, -0.15) is 0 Å². The van der Waals surface area contributed by atoms with Crippen molar-refractivity contribution in [3.63, 3.8) is 0 Å². The van der Waals surface area contributed by atoms with Crippen LogP contribution in [0.1, 0.15) is 27.2 Å². The zero-order chi connectivity index (χ0) is 14.5. The van der Waals surface area contributed by atoms with Gasteiger partial charge >= 0.3 is 6.09 Å². The molecule has 19 heavy (non-hydrogen) atoms. The minimum absolute atomic E-state index is 0.0767. The minimum Gasteiger partial charge on any atom is -0.444 e. The Bertz CT molecular complexity index is 275. The Balaban J connectivity index is 2.70. The predicted molar refractivity (Wildman–Crippen MR) is 70.0 cm³/mol. The summed E-state index contributed by atoms with van der Waals surface area (Å²) in [6, 6.07) is 0. The highest BCUT2D eigenvalue weighted by atomic mass is 16.6. The molecule has 0 aromatic carbocycles. The third-order valence-electron chi connectivity index (χ3n) is 2.83. The quantitative estimate of drug-likeness (QED) is 0.815. The van der Waals surface area contributed by atoms with Crippen LogP contribution in [0.2, 0.25) is 0 Å². The summed E-state index contributed by atoms with van der Waals surface area (Å²) in [6.07, 6.45) is -0.164. The second-order valence-electron chi connectivity index (χ2n) is 5.71. The van der Waals surface area contributed by atoms with Crippen LogP contribution in [0.15, 0.2) is 0 Å². The fraction of sp³-hybridized carbons (Fsp3) is 0.923. The van der Waals surface area contributed by atoms with Crippen molar-refractivity contribution in [1.29, 1.82) is 0 Å². The molecule has 1 fully saturated rings. The number of ether oxygens (including phenoxy) is 3. The Morgan fingerprint density at radius 2 is 2.11 bits per heavy atom. The molecular formula is C13H25NO5. The van der Waals surface area contributed by atoms with Crippen LogP contribution in [0, 0.1) is 0 Å². The van der Waals surface area contributed by atoms with Crippen LogP contribution in [0.4, 0.5) is 4.79 Å². The lowest BCUT2D eigenvalue weighted by atomic mass is 10.2. The summed E-state index contributed by atoms with van der Waals surface area (Å²) in [5, 5.41) is 9.23. The van der Waals surface area contributed by atoms with Gasteiger partial charge in [0.05, 0.1) is 31.9 Å². The first-order valence-corrected chi connectivity index (χ1v) is 6.59. The molecule has 0 bridgehead atoms. The van der Waals surface area contributed by atoms with Crippen LogP contribution in [-0.2, 0) is 14.2 Å². The van der Waals surface area contributed by atoms with Crippen LogP contribution in [0.25, 0.3) is 0 Å². The monoisotopic (exact) mass is 275 g/mol. The molecule has 2 atom stereocenters. The van der Waals surface area contributed by atoms with Gasteiger partial charge in [0.25, 0.3) is 0 Å². The molecule has 1 amide bonds. The van der Waals surface area contributed by atoms with Crippen LogP contribution in [-0.4, -0.2) is 67.3 Å². The molecule has 1 aliphatic heterocycles. The fourth-order valence-electron chi connectivity index (χ4n) is 1.85. The second-order valence-corrected chi connectivity index (χ2v) is 5.71. The van der Waals surface area contributed by atoms with Crippen LogP contribution in [0.3, 0.4) is 0 Å². The molecule has 6 heteroatoms. The van der Waals surface area contributed by atoms with E-state index in [-0.39, 0.29) is 18.8 Å². The van der Waals surface area contributed by atoms with E-state index in [9.17, 15) is 9.90 Å². The SMILES string of the molecule is CO[C@@H]1CCO[C@H](CO)CN(C(=O)OC(C)(C)C)C1. The average molecular weight is 275 g/mol. The van der Waals surface area contributed by atoms with Gasteiger partial charge in [0.2, 0.25) is 0 Å². The predicted octanol–water partition coefficient (Wildman–Crippen LogP) is 1.02. The van der Waals surface area contributed by atoms with E-state index in [0.717, 1.165) is 0 Å². The number of rotatable bonds is 2. The number of hydrogen-bond donors (Lipinski definition) is 1. The number of aliphatic hydroxyl groups is 1. The largest absolute Gasteiger partial charge is 0.444 e. The van der Waals surface area contributed by atoms with Crippen molar-refractivity contribution in [2.75, 3.05) is 33.4 Å². The van der Waals surface area contributed by atoms with Crippen molar-refractivity contribution in [1.82, 2.24) is 4.90 Å². The highest BCUT2D eigenvalue weighted by Crippen LogP contribution is 2.14. The van der Waals surface area contributed by atoms with Gasteiger partial charge in [-0.3, -0.25) is 0 Å². The summed E-state index contributed by atoms with van der Waals surface area (Å²) in [5.74, 6) is 0.